The Hall–Kier alpha value is -2.03. The second-order valence-corrected chi connectivity index (χ2v) is 9.11. The standard InChI is InChI=1S/C16H23N5O3S/c1-9-5-15(3,4)8-16(6-9)12(23)21(14(24)18-16)7-11(22)17-13-20-19-10(2)25-13/h9H,5-8H2,1-4H3,(H,18,24)(H,17,20,22)/t9-,16-/m0/s1. The van der Waals surface area contributed by atoms with E-state index in [1.165, 1.54) is 11.3 Å². The Bertz CT molecular complexity index is 731. The summed E-state index contributed by atoms with van der Waals surface area (Å²) in [5, 5.41) is 14.2. The predicted octanol–water partition coefficient (Wildman–Crippen LogP) is 1.92. The van der Waals surface area contributed by atoms with Gasteiger partial charge in [-0.15, -0.1) is 10.2 Å². The van der Waals surface area contributed by atoms with Gasteiger partial charge in [0.2, 0.25) is 11.0 Å². The summed E-state index contributed by atoms with van der Waals surface area (Å²) < 4.78 is 0. The molecule has 1 spiro atoms. The summed E-state index contributed by atoms with van der Waals surface area (Å²) in [5.74, 6) is -0.438. The van der Waals surface area contributed by atoms with Crippen LogP contribution in [0.25, 0.3) is 0 Å². The van der Waals surface area contributed by atoms with Gasteiger partial charge in [0.15, 0.2) is 0 Å². The van der Waals surface area contributed by atoms with E-state index in [1.807, 2.05) is 0 Å². The van der Waals surface area contributed by atoms with Crippen molar-refractivity contribution in [1.29, 1.82) is 0 Å². The zero-order chi connectivity index (χ0) is 18.4. The quantitative estimate of drug-likeness (QED) is 0.797. The molecule has 0 radical (unpaired) electrons. The van der Waals surface area contributed by atoms with E-state index in [2.05, 4.69) is 41.6 Å². The minimum Gasteiger partial charge on any atom is -0.323 e. The van der Waals surface area contributed by atoms with Crippen LogP contribution in [0.3, 0.4) is 0 Å². The lowest BCUT2D eigenvalue weighted by Gasteiger charge is -2.43. The zero-order valence-electron chi connectivity index (χ0n) is 14.9. The molecule has 4 amide bonds. The van der Waals surface area contributed by atoms with Gasteiger partial charge >= 0.3 is 6.03 Å². The molecule has 1 aromatic rings. The van der Waals surface area contributed by atoms with Crippen LogP contribution in [-0.4, -0.2) is 45.0 Å². The fourth-order valence-corrected chi connectivity index (χ4v) is 4.91. The molecule has 0 unspecified atom stereocenters. The summed E-state index contributed by atoms with van der Waals surface area (Å²) in [7, 11) is 0. The summed E-state index contributed by atoms with van der Waals surface area (Å²) in [6, 6.07) is -0.501. The number of nitrogens with zero attached hydrogens (tertiary/aromatic N) is 3. The van der Waals surface area contributed by atoms with Crippen LogP contribution in [0, 0.1) is 18.3 Å². The summed E-state index contributed by atoms with van der Waals surface area (Å²) in [5.41, 5.74) is -0.930. The minimum absolute atomic E-state index is 0.0387. The van der Waals surface area contributed by atoms with Crippen LogP contribution < -0.4 is 10.6 Å². The molecule has 0 aromatic carbocycles. The molecule has 2 fully saturated rings. The van der Waals surface area contributed by atoms with Crippen molar-refractivity contribution in [3.05, 3.63) is 5.01 Å². The third-order valence-electron chi connectivity index (χ3n) is 4.70. The van der Waals surface area contributed by atoms with Crippen molar-refractivity contribution in [2.45, 2.75) is 52.5 Å². The topological polar surface area (TPSA) is 104 Å². The Morgan fingerprint density at radius 2 is 2.08 bits per heavy atom. The van der Waals surface area contributed by atoms with Crippen LogP contribution in [0.1, 0.15) is 45.0 Å². The van der Waals surface area contributed by atoms with Gasteiger partial charge in [0.25, 0.3) is 5.91 Å². The van der Waals surface area contributed by atoms with E-state index in [9.17, 15) is 14.4 Å². The molecule has 2 heterocycles. The number of nitrogens with one attached hydrogen (secondary N) is 2. The molecular formula is C16H23N5O3S. The average Bonchev–Trinajstić information content (AvgIpc) is 2.94. The van der Waals surface area contributed by atoms with Crippen molar-refractivity contribution >= 4 is 34.3 Å². The Morgan fingerprint density at radius 3 is 2.68 bits per heavy atom. The molecule has 9 heteroatoms. The van der Waals surface area contributed by atoms with E-state index in [-0.39, 0.29) is 17.9 Å². The molecule has 1 aliphatic heterocycles. The van der Waals surface area contributed by atoms with Gasteiger partial charge in [-0.1, -0.05) is 32.1 Å². The first-order chi connectivity index (χ1) is 11.6. The Balaban J connectivity index is 1.72. The highest BCUT2D eigenvalue weighted by Crippen LogP contribution is 2.46. The van der Waals surface area contributed by atoms with Crippen molar-refractivity contribution in [1.82, 2.24) is 20.4 Å². The lowest BCUT2D eigenvalue weighted by molar-refractivity contribution is -0.136. The largest absolute Gasteiger partial charge is 0.325 e. The highest BCUT2D eigenvalue weighted by atomic mass is 32.1. The molecule has 3 rings (SSSR count). The Kier molecular flexibility index (Phi) is 4.30. The Morgan fingerprint density at radius 1 is 1.36 bits per heavy atom. The summed E-state index contributed by atoms with van der Waals surface area (Å²) in [6.07, 6.45) is 2.20. The van der Waals surface area contributed by atoms with Crippen LogP contribution in [0.15, 0.2) is 0 Å². The smallest absolute Gasteiger partial charge is 0.323 e. The van der Waals surface area contributed by atoms with Crippen molar-refractivity contribution in [3.8, 4) is 0 Å². The molecule has 1 saturated carbocycles. The summed E-state index contributed by atoms with van der Waals surface area (Å²) in [6.45, 7) is 7.77. The van der Waals surface area contributed by atoms with Gasteiger partial charge in [0.1, 0.15) is 17.1 Å². The SMILES string of the molecule is Cc1nnc(NC(=O)CN2C(=O)N[C@]3(C[C@@H](C)CC(C)(C)C3)C2=O)s1. The first kappa shape index (κ1) is 17.8. The van der Waals surface area contributed by atoms with Gasteiger partial charge in [0, 0.05) is 0 Å². The number of rotatable bonds is 3. The van der Waals surface area contributed by atoms with Crippen LogP contribution in [0.2, 0.25) is 0 Å². The molecule has 8 nitrogen and oxygen atoms in total. The number of imide groups is 1. The van der Waals surface area contributed by atoms with E-state index in [0.29, 0.717) is 23.9 Å². The van der Waals surface area contributed by atoms with Gasteiger partial charge in [-0.3, -0.25) is 19.8 Å². The molecule has 2 atom stereocenters. The summed E-state index contributed by atoms with van der Waals surface area (Å²) in [4.78, 5) is 38.5. The third kappa shape index (κ3) is 3.51. The molecule has 2 N–H and O–H groups in total. The maximum absolute atomic E-state index is 13.0. The monoisotopic (exact) mass is 365 g/mol. The highest BCUT2D eigenvalue weighted by molar-refractivity contribution is 7.15. The molecule has 1 aromatic heterocycles. The molecule has 136 valence electrons. The number of hydrogen-bond donors (Lipinski definition) is 2. The Labute approximate surface area is 150 Å². The number of aryl methyl sites for hydroxylation is 1. The van der Waals surface area contributed by atoms with Gasteiger partial charge < -0.3 is 5.32 Å². The maximum Gasteiger partial charge on any atom is 0.325 e. The van der Waals surface area contributed by atoms with E-state index in [1.54, 1.807) is 6.92 Å². The number of amides is 4. The number of carbonyl (C=O) groups excluding carboxylic acids is 3. The second kappa shape index (κ2) is 6.05. The van der Waals surface area contributed by atoms with Gasteiger partial charge in [0.05, 0.1) is 0 Å². The van der Waals surface area contributed by atoms with Crippen LogP contribution >= 0.6 is 11.3 Å². The van der Waals surface area contributed by atoms with E-state index >= 15 is 0 Å². The van der Waals surface area contributed by atoms with Crippen LogP contribution in [-0.2, 0) is 9.59 Å². The number of anilines is 1. The van der Waals surface area contributed by atoms with Crippen molar-refractivity contribution < 1.29 is 14.4 Å². The fourth-order valence-electron chi connectivity index (χ4n) is 4.30. The number of urea groups is 1. The third-order valence-corrected chi connectivity index (χ3v) is 5.45. The molecular weight excluding hydrogens is 342 g/mol. The lowest BCUT2D eigenvalue weighted by atomic mass is 9.64. The van der Waals surface area contributed by atoms with Gasteiger partial charge in [-0.2, -0.15) is 0 Å². The molecule has 0 bridgehead atoms. The highest BCUT2D eigenvalue weighted by Gasteiger charge is 2.56. The number of carbonyl (C=O) groups is 3. The summed E-state index contributed by atoms with van der Waals surface area (Å²) >= 11 is 1.24. The van der Waals surface area contributed by atoms with Crippen molar-refractivity contribution in [2.24, 2.45) is 11.3 Å². The first-order valence-electron chi connectivity index (χ1n) is 8.34. The molecule has 2 aliphatic rings. The number of hydrogen-bond acceptors (Lipinski definition) is 6. The minimum atomic E-state index is -0.891. The first-order valence-corrected chi connectivity index (χ1v) is 9.16. The maximum atomic E-state index is 13.0. The molecule has 1 saturated heterocycles. The predicted molar refractivity (Wildman–Crippen MR) is 93.0 cm³/mol. The van der Waals surface area contributed by atoms with Crippen molar-refractivity contribution in [3.63, 3.8) is 0 Å². The van der Waals surface area contributed by atoms with Crippen LogP contribution in [0.4, 0.5) is 9.93 Å². The molecule has 25 heavy (non-hydrogen) atoms. The van der Waals surface area contributed by atoms with Gasteiger partial charge in [-0.25, -0.2) is 4.79 Å². The fraction of sp³-hybridized carbons (Fsp3) is 0.688. The number of aromatic nitrogens is 2. The van der Waals surface area contributed by atoms with Crippen molar-refractivity contribution in [2.75, 3.05) is 11.9 Å². The van der Waals surface area contributed by atoms with E-state index < -0.39 is 17.5 Å². The second-order valence-electron chi connectivity index (χ2n) is 7.93. The van der Waals surface area contributed by atoms with E-state index in [0.717, 1.165) is 16.3 Å². The van der Waals surface area contributed by atoms with Gasteiger partial charge in [-0.05, 0) is 37.5 Å². The molecule has 1 aliphatic carbocycles. The van der Waals surface area contributed by atoms with Crippen LogP contribution in [0.5, 0.6) is 0 Å². The normalized spacial score (nSPS) is 28.3. The van der Waals surface area contributed by atoms with E-state index in [4.69, 9.17) is 0 Å². The zero-order valence-corrected chi connectivity index (χ0v) is 15.7. The lowest BCUT2D eigenvalue weighted by Crippen LogP contribution is -2.54. The average molecular weight is 365 g/mol.